The summed E-state index contributed by atoms with van der Waals surface area (Å²) in [6, 6.07) is 15.7. The van der Waals surface area contributed by atoms with E-state index < -0.39 is 0 Å². The highest BCUT2D eigenvalue weighted by Gasteiger charge is 2.34. The number of carbonyl (C=O) groups is 2. The third kappa shape index (κ3) is 2.58. The number of H-pyrrole nitrogens is 1. The Morgan fingerprint density at radius 2 is 1.81 bits per heavy atom. The van der Waals surface area contributed by atoms with Crippen LogP contribution >= 0.6 is 0 Å². The number of ether oxygens (including phenoxy) is 1. The summed E-state index contributed by atoms with van der Waals surface area (Å²) in [7, 11) is 1.51. The Labute approximate surface area is 150 Å². The zero-order chi connectivity index (χ0) is 18.3. The van der Waals surface area contributed by atoms with E-state index >= 15 is 0 Å². The third-order valence-electron chi connectivity index (χ3n) is 4.69. The van der Waals surface area contributed by atoms with Crippen LogP contribution in [-0.4, -0.2) is 28.7 Å². The van der Waals surface area contributed by atoms with E-state index in [0.717, 1.165) is 32.7 Å². The highest BCUT2D eigenvalue weighted by atomic mass is 16.5. The number of benzene rings is 2. The molecule has 0 aliphatic carbocycles. The standard InChI is InChI=1S/C21H18N2O3/c1-13-19(21(25)23(2)20(13)24)17-11-22-18-10-15(8-9-16(17)18)26-12-14-6-4-3-5-7-14/h3-11,22H,12H2,1-2H3. The van der Waals surface area contributed by atoms with Gasteiger partial charge in [0, 0.05) is 41.4 Å². The highest BCUT2D eigenvalue weighted by Crippen LogP contribution is 2.34. The molecular weight excluding hydrogens is 328 g/mol. The van der Waals surface area contributed by atoms with Crippen LogP contribution in [-0.2, 0) is 16.2 Å². The number of rotatable bonds is 4. The van der Waals surface area contributed by atoms with E-state index in [0.29, 0.717) is 17.8 Å². The molecule has 2 heterocycles. The first-order chi connectivity index (χ1) is 12.6. The molecule has 0 spiro atoms. The van der Waals surface area contributed by atoms with E-state index in [4.69, 9.17) is 4.74 Å². The highest BCUT2D eigenvalue weighted by molar-refractivity contribution is 6.36. The lowest BCUT2D eigenvalue weighted by atomic mass is 10.0. The summed E-state index contributed by atoms with van der Waals surface area (Å²) in [6.07, 6.45) is 1.77. The topological polar surface area (TPSA) is 62.4 Å². The average Bonchev–Trinajstić information content (AvgIpc) is 3.16. The largest absolute Gasteiger partial charge is 0.489 e. The molecular formula is C21H18N2O3. The minimum absolute atomic E-state index is 0.248. The number of hydrogen-bond acceptors (Lipinski definition) is 3. The second kappa shape index (κ2) is 6.19. The minimum atomic E-state index is -0.266. The molecule has 1 aliphatic rings. The van der Waals surface area contributed by atoms with Crippen molar-refractivity contribution in [1.29, 1.82) is 0 Å². The smallest absolute Gasteiger partial charge is 0.261 e. The molecule has 0 saturated carbocycles. The summed E-state index contributed by atoms with van der Waals surface area (Å²) in [5, 5.41) is 0.892. The van der Waals surface area contributed by atoms with Gasteiger partial charge in [0.05, 0.1) is 5.57 Å². The summed E-state index contributed by atoms with van der Waals surface area (Å²) in [4.78, 5) is 28.8. The fourth-order valence-corrected chi connectivity index (χ4v) is 3.24. The second-order valence-electron chi connectivity index (χ2n) is 6.35. The van der Waals surface area contributed by atoms with Gasteiger partial charge >= 0.3 is 0 Å². The molecule has 0 radical (unpaired) electrons. The van der Waals surface area contributed by atoms with Crippen LogP contribution in [0.1, 0.15) is 18.1 Å². The van der Waals surface area contributed by atoms with Gasteiger partial charge in [0.1, 0.15) is 12.4 Å². The zero-order valence-electron chi connectivity index (χ0n) is 14.6. The third-order valence-corrected chi connectivity index (χ3v) is 4.69. The van der Waals surface area contributed by atoms with Crippen molar-refractivity contribution in [3.63, 3.8) is 0 Å². The minimum Gasteiger partial charge on any atom is -0.489 e. The van der Waals surface area contributed by atoms with Crippen LogP contribution < -0.4 is 4.74 Å². The Morgan fingerprint density at radius 3 is 2.50 bits per heavy atom. The monoisotopic (exact) mass is 346 g/mol. The van der Waals surface area contributed by atoms with Crippen LogP contribution in [0.5, 0.6) is 5.75 Å². The molecule has 130 valence electrons. The first-order valence-corrected chi connectivity index (χ1v) is 8.38. The Balaban J connectivity index is 1.64. The maximum atomic E-state index is 12.4. The second-order valence-corrected chi connectivity index (χ2v) is 6.35. The number of aromatic amines is 1. The van der Waals surface area contributed by atoms with E-state index in [9.17, 15) is 9.59 Å². The van der Waals surface area contributed by atoms with Gasteiger partial charge in [-0.25, -0.2) is 0 Å². The summed E-state index contributed by atoms with van der Waals surface area (Å²) < 4.78 is 5.85. The molecule has 0 saturated heterocycles. The fourth-order valence-electron chi connectivity index (χ4n) is 3.24. The molecule has 0 bridgehead atoms. The van der Waals surface area contributed by atoms with Crippen molar-refractivity contribution >= 4 is 28.3 Å². The Hall–Kier alpha value is -3.34. The van der Waals surface area contributed by atoms with Gasteiger partial charge in [-0.3, -0.25) is 14.5 Å². The predicted molar refractivity (Wildman–Crippen MR) is 99.4 cm³/mol. The molecule has 5 nitrogen and oxygen atoms in total. The number of imide groups is 1. The molecule has 2 aromatic carbocycles. The lowest BCUT2D eigenvalue weighted by molar-refractivity contribution is -0.135. The normalized spacial score (nSPS) is 14.6. The van der Waals surface area contributed by atoms with Gasteiger partial charge in [0.15, 0.2) is 0 Å². The Morgan fingerprint density at radius 1 is 1.04 bits per heavy atom. The Bertz CT molecular complexity index is 1050. The van der Waals surface area contributed by atoms with E-state index in [1.807, 2.05) is 48.5 Å². The van der Waals surface area contributed by atoms with Crippen LogP contribution in [0.2, 0.25) is 0 Å². The Kier molecular flexibility index (Phi) is 3.84. The van der Waals surface area contributed by atoms with Crippen molar-refractivity contribution in [3.8, 4) is 5.75 Å². The van der Waals surface area contributed by atoms with Crippen molar-refractivity contribution in [2.75, 3.05) is 7.05 Å². The van der Waals surface area contributed by atoms with Gasteiger partial charge in [-0.15, -0.1) is 0 Å². The molecule has 1 N–H and O–H groups in total. The number of nitrogens with one attached hydrogen (secondary N) is 1. The molecule has 1 aromatic heterocycles. The molecule has 5 heteroatoms. The molecule has 3 aromatic rings. The van der Waals surface area contributed by atoms with Gasteiger partial charge in [-0.2, -0.15) is 0 Å². The molecule has 0 fully saturated rings. The lowest BCUT2D eigenvalue weighted by Gasteiger charge is -2.07. The number of likely N-dealkylation sites (N-methyl/N-ethyl adjacent to an activating group) is 1. The van der Waals surface area contributed by atoms with Crippen LogP contribution in [0, 0.1) is 0 Å². The van der Waals surface area contributed by atoms with E-state index in [2.05, 4.69) is 4.98 Å². The first kappa shape index (κ1) is 16.1. The van der Waals surface area contributed by atoms with Gasteiger partial charge in [-0.05, 0) is 24.6 Å². The maximum absolute atomic E-state index is 12.4. The van der Waals surface area contributed by atoms with E-state index in [-0.39, 0.29) is 11.8 Å². The van der Waals surface area contributed by atoms with Crippen molar-refractivity contribution in [3.05, 3.63) is 71.4 Å². The molecule has 2 amide bonds. The van der Waals surface area contributed by atoms with Gasteiger partial charge in [0.2, 0.25) is 0 Å². The average molecular weight is 346 g/mol. The molecule has 4 rings (SSSR count). The van der Waals surface area contributed by atoms with Crippen molar-refractivity contribution in [2.45, 2.75) is 13.5 Å². The van der Waals surface area contributed by atoms with Gasteiger partial charge < -0.3 is 9.72 Å². The van der Waals surface area contributed by atoms with Crippen LogP contribution in [0.4, 0.5) is 0 Å². The van der Waals surface area contributed by atoms with Gasteiger partial charge in [-0.1, -0.05) is 30.3 Å². The molecule has 26 heavy (non-hydrogen) atoms. The number of amides is 2. The SMILES string of the molecule is CC1=C(c2c[nH]c3cc(OCc4ccccc4)ccc23)C(=O)N(C)C1=O. The summed E-state index contributed by atoms with van der Waals surface area (Å²) in [5.41, 5.74) is 3.64. The summed E-state index contributed by atoms with van der Waals surface area (Å²) >= 11 is 0. The van der Waals surface area contributed by atoms with Crippen molar-refractivity contribution in [1.82, 2.24) is 9.88 Å². The number of nitrogens with zero attached hydrogens (tertiary/aromatic N) is 1. The fraction of sp³-hybridized carbons (Fsp3) is 0.143. The van der Waals surface area contributed by atoms with E-state index in [1.54, 1.807) is 13.1 Å². The van der Waals surface area contributed by atoms with Crippen LogP contribution in [0.25, 0.3) is 16.5 Å². The predicted octanol–water partition coefficient (Wildman–Crippen LogP) is 3.52. The molecule has 0 atom stereocenters. The van der Waals surface area contributed by atoms with Crippen molar-refractivity contribution in [2.24, 2.45) is 0 Å². The molecule has 0 unspecified atom stereocenters. The number of carbonyl (C=O) groups excluding carboxylic acids is 2. The molecule has 1 aliphatic heterocycles. The number of fused-ring (bicyclic) bond motifs is 1. The van der Waals surface area contributed by atoms with E-state index in [1.165, 1.54) is 7.05 Å². The van der Waals surface area contributed by atoms with Gasteiger partial charge in [0.25, 0.3) is 11.8 Å². The maximum Gasteiger partial charge on any atom is 0.261 e. The summed E-state index contributed by atoms with van der Waals surface area (Å²) in [6.45, 7) is 2.18. The van der Waals surface area contributed by atoms with Crippen molar-refractivity contribution < 1.29 is 14.3 Å². The zero-order valence-corrected chi connectivity index (χ0v) is 14.6. The van der Waals surface area contributed by atoms with Crippen LogP contribution in [0.3, 0.4) is 0 Å². The first-order valence-electron chi connectivity index (χ1n) is 8.38. The summed E-state index contributed by atoms with van der Waals surface area (Å²) in [5.74, 6) is 0.228. The van der Waals surface area contributed by atoms with Crippen LogP contribution in [0.15, 0.2) is 60.3 Å². The number of hydrogen-bond donors (Lipinski definition) is 1. The quantitative estimate of drug-likeness (QED) is 0.735. The lowest BCUT2D eigenvalue weighted by Crippen LogP contribution is -2.26. The number of aromatic nitrogens is 1.